The molecule has 3 atom stereocenters. The summed E-state index contributed by atoms with van der Waals surface area (Å²) >= 11 is 0. The minimum Gasteiger partial charge on any atom is -0.445 e. The first-order valence-corrected chi connectivity index (χ1v) is 10.6. The van der Waals surface area contributed by atoms with Crippen molar-refractivity contribution in [2.45, 2.75) is 70.9 Å². The van der Waals surface area contributed by atoms with Crippen molar-refractivity contribution in [3.05, 3.63) is 17.3 Å². The summed E-state index contributed by atoms with van der Waals surface area (Å²) in [4.78, 5) is 19.3. The second kappa shape index (κ2) is 7.55. The average molecular weight is 375 g/mol. The fraction of sp³-hybridized carbons (Fsp3) is 0.810. The molecule has 1 aromatic heterocycles. The van der Waals surface area contributed by atoms with Gasteiger partial charge in [-0.25, -0.2) is 4.98 Å². The number of nitrogens with zero attached hydrogens (tertiary/aromatic N) is 2. The van der Waals surface area contributed by atoms with Crippen molar-refractivity contribution in [3.8, 4) is 0 Å². The van der Waals surface area contributed by atoms with Gasteiger partial charge < -0.3 is 20.0 Å². The molecule has 1 aromatic rings. The van der Waals surface area contributed by atoms with E-state index in [9.17, 15) is 4.79 Å². The largest absolute Gasteiger partial charge is 0.445 e. The summed E-state index contributed by atoms with van der Waals surface area (Å²) in [7, 11) is 0. The van der Waals surface area contributed by atoms with Crippen LogP contribution in [-0.2, 0) is 23.2 Å². The Morgan fingerprint density at radius 2 is 2.15 bits per heavy atom. The molecule has 0 unspecified atom stereocenters. The number of rotatable bonds is 4. The maximum atomic E-state index is 12.7. The van der Waals surface area contributed by atoms with Gasteiger partial charge in [-0.1, -0.05) is 20.8 Å². The third-order valence-electron chi connectivity index (χ3n) is 6.34. The van der Waals surface area contributed by atoms with Crippen LogP contribution < -0.4 is 10.6 Å². The lowest BCUT2D eigenvalue weighted by Gasteiger charge is -2.41. The molecule has 4 heterocycles. The number of nitrogens with one attached hydrogen (secondary N) is 2. The molecule has 2 saturated heterocycles. The molecule has 2 fully saturated rings. The van der Waals surface area contributed by atoms with Gasteiger partial charge >= 0.3 is 0 Å². The Hall–Kier alpha value is -1.40. The summed E-state index contributed by atoms with van der Waals surface area (Å²) in [5.41, 5.74) is 0.861. The third-order valence-corrected chi connectivity index (χ3v) is 6.34. The Morgan fingerprint density at radius 1 is 1.30 bits per heavy atom. The molecule has 1 amide bonds. The number of fused-ring (bicyclic) bond motifs is 3. The van der Waals surface area contributed by atoms with Gasteiger partial charge in [-0.05, 0) is 50.7 Å². The number of oxazole rings is 1. The lowest BCUT2D eigenvalue weighted by Crippen LogP contribution is -2.54. The van der Waals surface area contributed by atoms with Gasteiger partial charge in [-0.15, -0.1) is 0 Å². The molecule has 2 N–H and O–H groups in total. The summed E-state index contributed by atoms with van der Waals surface area (Å²) in [6.45, 7) is 11.1. The molecule has 6 heteroatoms. The molecule has 0 spiro atoms. The van der Waals surface area contributed by atoms with E-state index in [0.717, 1.165) is 74.6 Å². The quantitative estimate of drug-likeness (QED) is 0.846. The standard InChI is InChI=1S/C21H34N4O2/c1-21(2,3)20-24-17-13-25(8-7-18(17)27-20)19(26)6-4-5-16-15-9-14(11-23-16)10-22-12-15/h14-16,22-23H,4-13H2,1-3H3/t14-,15+,16-/m0/s1. The van der Waals surface area contributed by atoms with Crippen molar-refractivity contribution in [2.75, 3.05) is 26.2 Å². The number of carbonyl (C=O) groups is 1. The van der Waals surface area contributed by atoms with E-state index in [1.54, 1.807) is 0 Å². The monoisotopic (exact) mass is 374 g/mol. The Kier molecular flexibility index (Phi) is 5.30. The van der Waals surface area contributed by atoms with Crippen molar-refractivity contribution in [3.63, 3.8) is 0 Å². The smallest absolute Gasteiger partial charge is 0.222 e. The summed E-state index contributed by atoms with van der Waals surface area (Å²) in [6, 6.07) is 0.569. The van der Waals surface area contributed by atoms with E-state index in [4.69, 9.17) is 4.42 Å². The van der Waals surface area contributed by atoms with Crippen LogP contribution in [0.2, 0.25) is 0 Å². The Morgan fingerprint density at radius 3 is 2.96 bits per heavy atom. The molecule has 150 valence electrons. The molecule has 6 nitrogen and oxygen atoms in total. The van der Waals surface area contributed by atoms with E-state index in [2.05, 4.69) is 36.4 Å². The zero-order chi connectivity index (χ0) is 19.0. The van der Waals surface area contributed by atoms with Crippen LogP contribution in [0.1, 0.15) is 63.8 Å². The molecule has 0 aliphatic carbocycles. The lowest BCUT2D eigenvalue weighted by atomic mass is 9.80. The fourth-order valence-electron chi connectivity index (χ4n) is 4.72. The minimum atomic E-state index is -0.0911. The molecular weight excluding hydrogens is 340 g/mol. The molecule has 3 aliphatic heterocycles. The van der Waals surface area contributed by atoms with E-state index in [0.29, 0.717) is 19.0 Å². The first kappa shape index (κ1) is 18.9. The SMILES string of the molecule is CC(C)(C)c1nc2c(o1)CCN(C(=O)CCC[C@@H]1NC[C@@H]3CNC[C@H]1C3)C2. The van der Waals surface area contributed by atoms with Gasteiger partial charge in [0.05, 0.1) is 6.54 Å². The first-order valence-electron chi connectivity index (χ1n) is 10.6. The topological polar surface area (TPSA) is 70.4 Å². The summed E-state index contributed by atoms with van der Waals surface area (Å²) in [5.74, 6) is 3.54. The highest BCUT2D eigenvalue weighted by atomic mass is 16.4. The number of hydrogen-bond acceptors (Lipinski definition) is 5. The van der Waals surface area contributed by atoms with E-state index in [1.807, 2.05) is 4.90 Å². The second-order valence-corrected chi connectivity index (χ2v) is 9.63. The summed E-state index contributed by atoms with van der Waals surface area (Å²) < 4.78 is 5.93. The minimum absolute atomic E-state index is 0.0911. The van der Waals surface area contributed by atoms with Crippen LogP contribution in [0.3, 0.4) is 0 Å². The van der Waals surface area contributed by atoms with Gasteiger partial charge in [0, 0.05) is 30.8 Å². The van der Waals surface area contributed by atoms with Gasteiger partial charge in [0.15, 0.2) is 5.89 Å². The maximum absolute atomic E-state index is 12.7. The van der Waals surface area contributed by atoms with Crippen LogP contribution in [0, 0.1) is 11.8 Å². The van der Waals surface area contributed by atoms with E-state index < -0.39 is 0 Å². The first-order chi connectivity index (χ1) is 12.9. The molecule has 3 aliphatic rings. The van der Waals surface area contributed by atoms with Crippen molar-refractivity contribution < 1.29 is 9.21 Å². The highest BCUT2D eigenvalue weighted by Crippen LogP contribution is 2.29. The maximum Gasteiger partial charge on any atom is 0.222 e. The number of aromatic nitrogens is 1. The van der Waals surface area contributed by atoms with Crippen LogP contribution in [0.4, 0.5) is 0 Å². The summed E-state index contributed by atoms with van der Waals surface area (Å²) in [5, 5.41) is 7.28. The highest BCUT2D eigenvalue weighted by Gasteiger charge is 2.33. The van der Waals surface area contributed by atoms with Crippen LogP contribution in [-0.4, -0.2) is 48.0 Å². The predicted octanol–water partition coefficient (Wildman–Crippen LogP) is 2.22. The molecule has 4 rings (SSSR count). The zero-order valence-corrected chi connectivity index (χ0v) is 17.0. The molecule has 0 saturated carbocycles. The number of hydrogen-bond donors (Lipinski definition) is 2. The van der Waals surface area contributed by atoms with E-state index in [-0.39, 0.29) is 11.3 Å². The van der Waals surface area contributed by atoms with E-state index >= 15 is 0 Å². The molecule has 0 radical (unpaired) electrons. The van der Waals surface area contributed by atoms with Crippen molar-refractivity contribution in [2.24, 2.45) is 11.8 Å². The lowest BCUT2D eigenvalue weighted by molar-refractivity contribution is -0.132. The second-order valence-electron chi connectivity index (χ2n) is 9.63. The highest BCUT2D eigenvalue weighted by molar-refractivity contribution is 5.76. The third kappa shape index (κ3) is 4.21. The van der Waals surface area contributed by atoms with Crippen molar-refractivity contribution >= 4 is 5.91 Å². The molecule has 0 aromatic carbocycles. The van der Waals surface area contributed by atoms with Crippen LogP contribution in [0.5, 0.6) is 0 Å². The number of piperidine rings is 2. The zero-order valence-electron chi connectivity index (χ0n) is 17.0. The molecular formula is C21H34N4O2. The average Bonchev–Trinajstić information content (AvgIpc) is 3.07. The van der Waals surface area contributed by atoms with Crippen molar-refractivity contribution in [1.29, 1.82) is 0 Å². The Balaban J connectivity index is 1.26. The van der Waals surface area contributed by atoms with Crippen LogP contribution in [0.15, 0.2) is 4.42 Å². The van der Waals surface area contributed by atoms with Crippen LogP contribution in [0.25, 0.3) is 0 Å². The van der Waals surface area contributed by atoms with Gasteiger partial charge in [0.25, 0.3) is 0 Å². The number of carbonyl (C=O) groups excluding carboxylic acids is 1. The Labute approximate surface area is 162 Å². The van der Waals surface area contributed by atoms with Gasteiger partial charge in [-0.3, -0.25) is 4.79 Å². The van der Waals surface area contributed by atoms with Crippen LogP contribution >= 0.6 is 0 Å². The normalized spacial score (nSPS) is 28.1. The van der Waals surface area contributed by atoms with Crippen molar-refractivity contribution in [1.82, 2.24) is 20.5 Å². The van der Waals surface area contributed by atoms with Gasteiger partial charge in [-0.2, -0.15) is 0 Å². The van der Waals surface area contributed by atoms with E-state index in [1.165, 1.54) is 6.42 Å². The fourth-order valence-corrected chi connectivity index (χ4v) is 4.72. The summed E-state index contributed by atoms with van der Waals surface area (Å²) in [6.07, 6.45) is 4.83. The Bertz CT molecular complexity index is 678. The predicted molar refractivity (Wildman–Crippen MR) is 104 cm³/mol. The molecule has 27 heavy (non-hydrogen) atoms. The number of amides is 1. The van der Waals surface area contributed by atoms with Gasteiger partial charge in [0.2, 0.25) is 5.91 Å². The van der Waals surface area contributed by atoms with Gasteiger partial charge in [0.1, 0.15) is 11.5 Å². The molecule has 2 bridgehead atoms.